The number of amides is 1. The molecule has 1 aromatic heterocycles. The Labute approximate surface area is 172 Å². The molecule has 3 aromatic rings. The van der Waals surface area contributed by atoms with Crippen LogP contribution in [0.3, 0.4) is 0 Å². The molecule has 1 aliphatic heterocycles. The first-order valence-electron chi connectivity index (χ1n) is 8.77. The largest absolute Gasteiger partial charge is 0.324 e. The van der Waals surface area contributed by atoms with Gasteiger partial charge in [0.15, 0.2) is 0 Å². The monoisotopic (exact) mass is 429 g/mol. The Morgan fingerprint density at radius 1 is 1.07 bits per heavy atom. The molecule has 1 atom stereocenters. The SMILES string of the molecule is CSc1ccc([C@H]2CC(=O)Nc3c(S(=O)(=O)c4ccc(C)cc4)csc32)cc1. The van der Waals surface area contributed by atoms with Crippen LogP contribution in [0.25, 0.3) is 0 Å². The summed E-state index contributed by atoms with van der Waals surface area (Å²) in [6.45, 7) is 1.91. The van der Waals surface area contributed by atoms with Crippen LogP contribution in [0.4, 0.5) is 5.69 Å². The summed E-state index contributed by atoms with van der Waals surface area (Å²) >= 11 is 3.05. The summed E-state index contributed by atoms with van der Waals surface area (Å²) < 4.78 is 26.3. The summed E-state index contributed by atoms with van der Waals surface area (Å²) in [5, 5.41) is 4.45. The lowest BCUT2D eigenvalue weighted by molar-refractivity contribution is -0.116. The summed E-state index contributed by atoms with van der Waals surface area (Å²) in [4.78, 5) is 14.8. The maximum Gasteiger partial charge on any atom is 0.225 e. The Morgan fingerprint density at radius 2 is 1.75 bits per heavy atom. The van der Waals surface area contributed by atoms with Gasteiger partial charge in [0.1, 0.15) is 4.90 Å². The molecule has 7 heteroatoms. The topological polar surface area (TPSA) is 63.2 Å². The van der Waals surface area contributed by atoms with Gasteiger partial charge in [-0.3, -0.25) is 4.79 Å². The second-order valence-electron chi connectivity index (χ2n) is 6.73. The maximum absolute atomic E-state index is 13.2. The number of sulfone groups is 1. The van der Waals surface area contributed by atoms with E-state index in [1.54, 1.807) is 41.4 Å². The molecule has 4 rings (SSSR count). The number of fused-ring (bicyclic) bond motifs is 1. The van der Waals surface area contributed by atoms with E-state index in [1.807, 2.05) is 37.4 Å². The standard InChI is InChI=1S/C21H19NO3S3/c1-13-3-9-16(10-4-13)28(24,25)18-12-27-21-17(11-19(23)22-20(18)21)14-5-7-15(26-2)8-6-14/h3-10,12,17H,11H2,1-2H3,(H,22,23)/t17-/m1/s1. The Bertz CT molecular complexity index is 1130. The van der Waals surface area contributed by atoms with Gasteiger partial charge in [-0.1, -0.05) is 29.8 Å². The average molecular weight is 430 g/mol. The highest BCUT2D eigenvalue weighted by Crippen LogP contribution is 2.46. The lowest BCUT2D eigenvalue weighted by Crippen LogP contribution is -2.23. The zero-order chi connectivity index (χ0) is 19.9. The molecule has 28 heavy (non-hydrogen) atoms. The highest BCUT2D eigenvalue weighted by molar-refractivity contribution is 7.98. The molecule has 0 aliphatic carbocycles. The van der Waals surface area contributed by atoms with Gasteiger partial charge >= 0.3 is 0 Å². The quantitative estimate of drug-likeness (QED) is 0.587. The number of nitrogens with one attached hydrogen (secondary N) is 1. The molecule has 2 aromatic carbocycles. The van der Waals surface area contributed by atoms with E-state index < -0.39 is 9.84 Å². The molecule has 144 valence electrons. The van der Waals surface area contributed by atoms with Crippen LogP contribution in [0.2, 0.25) is 0 Å². The summed E-state index contributed by atoms with van der Waals surface area (Å²) in [6, 6.07) is 14.9. The third-order valence-corrected chi connectivity index (χ3v) is 8.68. The molecule has 1 aliphatic rings. The van der Waals surface area contributed by atoms with Crippen LogP contribution in [0.1, 0.15) is 28.3 Å². The predicted octanol–water partition coefficient (Wildman–Crippen LogP) is 5.09. The van der Waals surface area contributed by atoms with Crippen LogP contribution in [0, 0.1) is 6.92 Å². The lowest BCUT2D eigenvalue weighted by Gasteiger charge is -2.24. The van der Waals surface area contributed by atoms with Crippen molar-refractivity contribution in [3.05, 3.63) is 69.9 Å². The predicted molar refractivity (Wildman–Crippen MR) is 114 cm³/mol. The fourth-order valence-corrected chi connectivity index (χ4v) is 6.67. The first kappa shape index (κ1) is 19.2. The first-order chi connectivity index (χ1) is 13.4. The highest BCUT2D eigenvalue weighted by atomic mass is 32.2. The first-order valence-corrected chi connectivity index (χ1v) is 12.4. The zero-order valence-corrected chi connectivity index (χ0v) is 17.9. The summed E-state index contributed by atoms with van der Waals surface area (Å²) in [5.41, 5.74) is 2.45. The van der Waals surface area contributed by atoms with Gasteiger partial charge in [-0.15, -0.1) is 23.1 Å². The van der Waals surface area contributed by atoms with Gasteiger partial charge in [0.2, 0.25) is 15.7 Å². The van der Waals surface area contributed by atoms with Gasteiger partial charge in [0.05, 0.1) is 10.6 Å². The molecular weight excluding hydrogens is 410 g/mol. The van der Waals surface area contributed by atoms with E-state index in [0.29, 0.717) is 12.1 Å². The Balaban J connectivity index is 1.79. The molecule has 1 N–H and O–H groups in total. The van der Waals surface area contributed by atoms with E-state index in [1.165, 1.54) is 11.3 Å². The van der Waals surface area contributed by atoms with E-state index in [-0.39, 0.29) is 21.6 Å². The number of benzene rings is 2. The van der Waals surface area contributed by atoms with E-state index >= 15 is 0 Å². The van der Waals surface area contributed by atoms with Gasteiger partial charge in [-0.05, 0) is 43.0 Å². The van der Waals surface area contributed by atoms with E-state index in [0.717, 1.165) is 20.9 Å². The minimum atomic E-state index is -3.70. The van der Waals surface area contributed by atoms with Crippen molar-refractivity contribution in [1.82, 2.24) is 0 Å². The van der Waals surface area contributed by atoms with Crippen molar-refractivity contribution < 1.29 is 13.2 Å². The Hall–Kier alpha value is -2.09. The van der Waals surface area contributed by atoms with Crippen LogP contribution in [-0.4, -0.2) is 20.6 Å². The number of hydrogen-bond acceptors (Lipinski definition) is 5. The number of aryl methyl sites for hydroxylation is 1. The molecule has 2 heterocycles. The normalized spacial score (nSPS) is 16.5. The minimum absolute atomic E-state index is 0.133. The van der Waals surface area contributed by atoms with Crippen molar-refractivity contribution in [2.45, 2.75) is 33.9 Å². The van der Waals surface area contributed by atoms with Crippen molar-refractivity contribution in [2.75, 3.05) is 11.6 Å². The second-order valence-corrected chi connectivity index (χ2v) is 10.4. The van der Waals surface area contributed by atoms with Gasteiger partial charge in [0, 0.05) is 27.5 Å². The highest BCUT2D eigenvalue weighted by Gasteiger charge is 2.34. The molecule has 0 radical (unpaired) electrons. The lowest BCUT2D eigenvalue weighted by atomic mass is 9.91. The number of carbonyl (C=O) groups excluding carboxylic acids is 1. The van der Waals surface area contributed by atoms with Crippen LogP contribution in [0.15, 0.2) is 68.6 Å². The molecule has 0 saturated heterocycles. The van der Waals surface area contributed by atoms with Crippen LogP contribution < -0.4 is 5.32 Å². The molecule has 1 amide bonds. The van der Waals surface area contributed by atoms with Gasteiger partial charge in [-0.2, -0.15) is 0 Å². The smallest absolute Gasteiger partial charge is 0.225 e. The fraction of sp³-hybridized carbons (Fsp3) is 0.190. The minimum Gasteiger partial charge on any atom is -0.324 e. The number of thiophene rings is 1. The maximum atomic E-state index is 13.2. The van der Waals surface area contributed by atoms with Crippen molar-refractivity contribution in [3.8, 4) is 0 Å². The van der Waals surface area contributed by atoms with Gasteiger partial charge < -0.3 is 5.32 Å². The Morgan fingerprint density at radius 3 is 2.39 bits per heavy atom. The molecule has 4 nitrogen and oxygen atoms in total. The molecule has 0 bridgehead atoms. The van der Waals surface area contributed by atoms with Gasteiger partial charge in [0.25, 0.3) is 0 Å². The van der Waals surface area contributed by atoms with E-state index in [4.69, 9.17) is 0 Å². The number of rotatable bonds is 4. The third kappa shape index (κ3) is 3.38. The molecule has 0 unspecified atom stereocenters. The van der Waals surface area contributed by atoms with Crippen LogP contribution in [-0.2, 0) is 14.6 Å². The van der Waals surface area contributed by atoms with Crippen molar-refractivity contribution >= 4 is 44.5 Å². The van der Waals surface area contributed by atoms with E-state index in [9.17, 15) is 13.2 Å². The summed E-state index contributed by atoms with van der Waals surface area (Å²) in [5.74, 6) is -0.295. The van der Waals surface area contributed by atoms with Crippen LogP contribution in [0.5, 0.6) is 0 Å². The molecule has 0 fully saturated rings. The van der Waals surface area contributed by atoms with Crippen molar-refractivity contribution in [2.24, 2.45) is 0 Å². The fourth-order valence-electron chi connectivity index (χ4n) is 3.35. The second kappa shape index (κ2) is 7.39. The number of hydrogen-bond donors (Lipinski definition) is 1. The summed E-state index contributed by atoms with van der Waals surface area (Å²) in [7, 11) is -3.70. The number of thioether (sulfide) groups is 1. The number of anilines is 1. The van der Waals surface area contributed by atoms with Crippen molar-refractivity contribution in [1.29, 1.82) is 0 Å². The molecule has 0 saturated carbocycles. The summed E-state index contributed by atoms with van der Waals surface area (Å²) in [6.07, 6.45) is 2.33. The van der Waals surface area contributed by atoms with E-state index in [2.05, 4.69) is 5.32 Å². The molecule has 0 spiro atoms. The third-order valence-electron chi connectivity index (χ3n) is 4.90. The average Bonchev–Trinajstić information content (AvgIpc) is 3.12. The number of carbonyl (C=O) groups is 1. The molecular formula is C21H19NO3S3. The van der Waals surface area contributed by atoms with Crippen molar-refractivity contribution in [3.63, 3.8) is 0 Å². The van der Waals surface area contributed by atoms with Gasteiger partial charge in [-0.25, -0.2) is 8.42 Å². The Kier molecular flexibility index (Phi) is 5.07. The van der Waals surface area contributed by atoms with Crippen LogP contribution >= 0.6 is 23.1 Å². The zero-order valence-electron chi connectivity index (χ0n) is 15.4.